The summed E-state index contributed by atoms with van der Waals surface area (Å²) in [6, 6.07) is 15.1. The maximum atomic E-state index is 10.3. The van der Waals surface area contributed by atoms with E-state index in [0.29, 0.717) is 5.69 Å². The molecule has 0 bridgehead atoms. The summed E-state index contributed by atoms with van der Waals surface area (Å²) in [6.45, 7) is 0. The molecule has 0 fully saturated rings. The van der Waals surface area contributed by atoms with E-state index in [4.69, 9.17) is 0 Å². The third-order valence-electron chi connectivity index (χ3n) is 2.91. The maximum Gasteiger partial charge on any atom is 0.121 e. The van der Waals surface area contributed by atoms with Gasteiger partial charge in [0.25, 0.3) is 0 Å². The van der Waals surface area contributed by atoms with Crippen LogP contribution in [-0.4, -0.2) is 15.1 Å². The highest BCUT2D eigenvalue weighted by Gasteiger charge is 2.11. The number of hydrogen-bond acceptors (Lipinski definition) is 3. The lowest BCUT2D eigenvalue weighted by molar-refractivity contribution is 0.215. The number of nitrogens with zero attached hydrogens (tertiary/aromatic N) is 2. The Balaban J connectivity index is 2.04. The summed E-state index contributed by atoms with van der Waals surface area (Å²) in [7, 11) is 0. The molecule has 2 aromatic heterocycles. The summed E-state index contributed by atoms with van der Waals surface area (Å²) in [5.41, 5.74) is 2.41. The molecule has 0 aliphatic heterocycles. The van der Waals surface area contributed by atoms with Crippen LogP contribution in [0.4, 0.5) is 0 Å². The van der Waals surface area contributed by atoms with Gasteiger partial charge in [0, 0.05) is 17.8 Å². The number of pyridine rings is 2. The number of aliphatic hydroxyl groups excluding tert-OH is 1. The number of aliphatic hydroxyl groups is 1. The number of benzene rings is 1. The summed E-state index contributed by atoms with van der Waals surface area (Å²) in [6.07, 6.45) is 2.74. The molecule has 1 unspecified atom stereocenters. The second kappa shape index (κ2) is 4.55. The Kier molecular flexibility index (Phi) is 2.74. The molecule has 0 saturated heterocycles. The first-order chi connectivity index (χ1) is 8.84. The third kappa shape index (κ3) is 1.96. The predicted molar refractivity (Wildman–Crippen MR) is 70.0 cm³/mol. The predicted octanol–water partition coefficient (Wildman–Crippen LogP) is 2.71. The lowest BCUT2D eigenvalue weighted by atomic mass is 10.0. The zero-order valence-electron chi connectivity index (χ0n) is 9.69. The molecule has 3 nitrogen and oxygen atoms in total. The molecule has 3 aromatic rings. The zero-order chi connectivity index (χ0) is 12.4. The molecule has 18 heavy (non-hydrogen) atoms. The highest BCUT2D eigenvalue weighted by atomic mass is 16.3. The average Bonchev–Trinajstić information content (AvgIpc) is 2.47. The van der Waals surface area contributed by atoms with Crippen LogP contribution in [0.1, 0.15) is 17.4 Å². The van der Waals surface area contributed by atoms with E-state index >= 15 is 0 Å². The van der Waals surface area contributed by atoms with Crippen molar-refractivity contribution in [2.45, 2.75) is 6.10 Å². The number of rotatable bonds is 2. The van der Waals surface area contributed by atoms with Crippen LogP contribution in [0.25, 0.3) is 10.9 Å². The zero-order valence-corrected chi connectivity index (χ0v) is 9.69. The molecule has 88 valence electrons. The molecule has 3 rings (SSSR count). The van der Waals surface area contributed by atoms with E-state index in [1.54, 1.807) is 12.4 Å². The van der Waals surface area contributed by atoms with Crippen LogP contribution in [0.2, 0.25) is 0 Å². The summed E-state index contributed by atoms with van der Waals surface area (Å²) in [5, 5.41) is 11.3. The molecule has 0 aliphatic rings. The van der Waals surface area contributed by atoms with E-state index in [9.17, 15) is 5.11 Å². The molecule has 0 spiro atoms. The molecule has 0 amide bonds. The largest absolute Gasteiger partial charge is 0.382 e. The molecule has 0 aliphatic carbocycles. The standard InChI is InChI=1S/C15H12N2O/c18-15(14-5-1-2-8-17-14)12-6-7-13-11(10-12)4-3-9-16-13/h1-10,15,18H. The Hall–Kier alpha value is -2.26. The van der Waals surface area contributed by atoms with E-state index in [2.05, 4.69) is 9.97 Å². The topological polar surface area (TPSA) is 46.0 Å². The van der Waals surface area contributed by atoms with Gasteiger partial charge in [-0.15, -0.1) is 0 Å². The van der Waals surface area contributed by atoms with Gasteiger partial charge in [-0.3, -0.25) is 9.97 Å². The quantitative estimate of drug-likeness (QED) is 0.744. The third-order valence-corrected chi connectivity index (χ3v) is 2.91. The minimum Gasteiger partial charge on any atom is -0.382 e. The van der Waals surface area contributed by atoms with Gasteiger partial charge in [0.15, 0.2) is 0 Å². The lowest BCUT2D eigenvalue weighted by Crippen LogP contribution is -2.01. The average molecular weight is 236 g/mol. The minimum absolute atomic E-state index is 0.653. The normalized spacial score (nSPS) is 12.5. The molecule has 0 saturated carbocycles. The van der Waals surface area contributed by atoms with Gasteiger partial charge in [-0.25, -0.2) is 0 Å². The van der Waals surface area contributed by atoms with E-state index in [1.807, 2.05) is 48.5 Å². The Morgan fingerprint density at radius 3 is 2.61 bits per heavy atom. The minimum atomic E-state index is -0.698. The SMILES string of the molecule is OC(c1ccc2ncccc2c1)c1ccccn1. The molecule has 1 N–H and O–H groups in total. The molecular weight excluding hydrogens is 224 g/mol. The smallest absolute Gasteiger partial charge is 0.121 e. The van der Waals surface area contributed by atoms with E-state index in [1.165, 1.54) is 0 Å². The first-order valence-electron chi connectivity index (χ1n) is 5.78. The molecule has 1 aromatic carbocycles. The van der Waals surface area contributed by atoms with Crippen molar-refractivity contribution in [3.05, 3.63) is 72.2 Å². The van der Waals surface area contributed by atoms with Crippen molar-refractivity contribution in [3.8, 4) is 0 Å². The summed E-state index contributed by atoms with van der Waals surface area (Å²) < 4.78 is 0. The van der Waals surface area contributed by atoms with Crippen molar-refractivity contribution in [3.63, 3.8) is 0 Å². The molecule has 2 heterocycles. The highest BCUT2D eigenvalue weighted by Crippen LogP contribution is 2.23. The second-order valence-electron chi connectivity index (χ2n) is 4.11. The molecule has 1 atom stereocenters. The Morgan fingerprint density at radius 2 is 1.78 bits per heavy atom. The van der Waals surface area contributed by atoms with Gasteiger partial charge >= 0.3 is 0 Å². The van der Waals surface area contributed by atoms with E-state index in [0.717, 1.165) is 16.5 Å². The molecular formula is C15H12N2O. The summed E-state index contributed by atoms with van der Waals surface area (Å²) in [4.78, 5) is 8.43. The Morgan fingerprint density at radius 1 is 0.889 bits per heavy atom. The van der Waals surface area contributed by atoms with Crippen molar-refractivity contribution >= 4 is 10.9 Å². The Labute approximate surface area is 105 Å². The van der Waals surface area contributed by atoms with Crippen molar-refractivity contribution < 1.29 is 5.11 Å². The van der Waals surface area contributed by atoms with Gasteiger partial charge in [-0.05, 0) is 35.9 Å². The van der Waals surface area contributed by atoms with Crippen LogP contribution < -0.4 is 0 Å². The monoisotopic (exact) mass is 236 g/mol. The van der Waals surface area contributed by atoms with Crippen LogP contribution in [0.5, 0.6) is 0 Å². The number of fused-ring (bicyclic) bond motifs is 1. The van der Waals surface area contributed by atoms with Crippen LogP contribution in [0.15, 0.2) is 60.9 Å². The van der Waals surface area contributed by atoms with Crippen LogP contribution >= 0.6 is 0 Å². The lowest BCUT2D eigenvalue weighted by Gasteiger charge is -2.10. The fraction of sp³-hybridized carbons (Fsp3) is 0.0667. The van der Waals surface area contributed by atoms with Gasteiger partial charge in [0.05, 0.1) is 11.2 Å². The fourth-order valence-corrected chi connectivity index (χ4v) is 1.97. The fourth-order valence-electron chi connectivity index (χ4n) is 1.97. The number of aromatic nitrogens is 2. The van der Waals surface area contributed by atoms with Gasteiger partial charge in [0.1, 0.15) is 6.10 Å². The van der Waals surface area contributed by atoms with E-state index < -0.39 is 6.10 Å². The van der Waals surface area contributed by atoms with Gasteiger partial charge in [-0.1, -0.05) is 18.2 Å². The van der Waals surface area contributed by atoms with Gasteiger partial charge < -0.3 is 5.11 Å². The first kappa shape index (κ1) is 10.9. The van der Waals surface area contributed by atoms with Crippen LogP contribution in [-0.2, 0) is 0 Å². The van der Waals surface area contributed by atoms with Crippen LogP contribution in [0.3, 0.4) is 0 Å². The molecule has 3 heteroatoms. The van der Waals surface area contributed by atoms with Crippen molar-refractivity contribution in [2.24, 2.45) is 0 Å². The Bertz CT molecular complexity index is 667. The summed E-state index contributed by atoms with van der Waals surface area (Å²) >= 11 is 0. The molecule has 0 radical (unpaired) electrons. The first-order valence-corrected chi connectivity index (χ1v) is 5.78. The maximum absolute atomic E-state index is 10.3. The highest BCUT2D eigenvalue weighted by molar-refractivity contribution is 5.79. The van der Waals surface area contributed by atoms with Crippen molar-refractivity contribution in [1.29, 1.82) is 0 Å². The number of hydrogen-bond donors (Lipinski definition) is 1. The van der Waals surface area contributed by atoms with Gasteiger partial charge in [0.2, 0.25) is 0 Å². The summed E-state index contributed by atoms with van der Waals surface area (Å²) in [5.74, 6) is 0. The van der Waals surface area contributed by atoms with Crippen molar-refractivity contribution in [1.82, 2.24) is 9.97 Å². The van der Waals surface area contributed by atoms with Gasteiger partial charge in [-0.2, -0.15) is 0 Å². The second-order valence-corrected chi connectivity index (χ2v) is 4.11. The van der Waals surface area contributed by atoms with Crippen LogP contribution in [0, 0.1) is 0 Å². The van der Waals surface area contributed by atoms with Crippen molar-refractivity contribution in [2.75, 3.05) is 0 Å². The van der Waals surface area contributed by atoms with E-state index in [-0.39, 0.29) is 0 Å².